The minimum Gasteiger partial charge on any atom is -0.347 e. The summed E-state index contributed by atoms with van der Waals surface area (Å²) >= 11 is 0.764. The van der Waals surface area contributed by atoms with Crippen LogP contribution < -0.4 is 10.6 Å². The van der Waals surface area contributed by atoms with Crippen molar-refractivity contribution >= 4 is 16.7 Å². The number of hydrogen-bond acceptors (Lipinski definition) is 5. The van der Waals surface area contributed by atoms with Gasteiger partial charge in [0, 0.05) is 24.6 Å². The van der Waals surface area contributed by atoms with Gasteiger partial charge in [0.15, 0.2) is 0 Å². The van der Waals surface area contributed by atoms with Crippen LogP contribution in [-0.4, -0.2) is 29.0 Å². The average Bonchev–Trinajstić information content (AvgIpc) is 2.74. The van der Waals surface area contributed by atoms with Gasteiger partial charge < -0.3 is 10.6 Å². The van der Waals surface area contributed by atoms with E-state index >= 15 is 0 Å². The summed E-state index contributed by atoms with van der Waals surface area (Å²) in [6.45, 7) is 7.35. The van der Waals surface area contributed by atoms with E-state index in [0.29, 0.717) is 19.6 Å². The van der Waals surface area contributed by atoms with Gasteiger partial charge in [-0.3, -0.25) is 0 Å². The van der Waals surface area contributed by atoms with Crippen molar-refractivity contribution in [1.82, 2.24) is 9.36 Å². The summed E-state index contributed by atoms with van der Waals surface area (Å²) in [5, 5.41) is 0.284. The Bertz CT molecular complexity index is 389. The first kappa shape index (κ1) is 15.2. The molecule has 104 valence electrons. The highest BCUT2D eigenvalue weighted by Gasteiger charge is 2.36. The molecule has 0 bridgehead atoms. The van der Waals surface area contributed by atoms with E-state index in [-0.39, 0.29) is 10.5 Å². The van der Waals surface area contributed by atoms with Crippen LogP contribution in [0.25, 0.3) is 0 Å². The third kappa shape index (κ3) is 3.81. The van der Waals surface area contributed by atoms with E-state index in [0.717, 1.165) is 11.5 Å². The summed E-state index contributed by atoms with van der Waals surface area (Å²) in [4.78, 5) is 5.30. The molecular weight excluding hydrogens is 265 g/mol. The van der Waals surface area contributed by atoms with Gasteiger partial charge in [0.1, 0.15) is 0 Å². The predicted octanol–water partition coefficient (Wildman–Crippen LogP) is 2.37. The van der Waals surface area contributed by atoms with Crippen LogP contribution in [0.5, 0.6) is 0 Å². The lowest BCUT2D eigenvalue weighted by Crippen LogP contribution is -2.38. The highest BCUT2D eigenvalue weighted by Crippen LogP contribution is 2.31. The van der Waals surface area contributed by atoms with E-state index in [2.05, 4.69) is 9.36 Å². The quantitative estimate of drug-likeness (QED) is 0.901. The van der Waals surface area contributed by atoms with E-state index < -0.39 is 12.0 Å². The zero-order valence-electron chi connectivity index (χ0n) is 10.6. The van der Waals surface area contributed by atoms with E-state index in [1.807, 2.05) is 20.8 Å². The fraction of sp³-hybridized carbons (Fsp3) is 0.800. The molecule has 0 aliphatic carbocycles. The van der Waals surface area contributed by atoms with Crippen molar-refractivity contribution < 1.29 is 13.2 Å². The Hall–Kier alpha value is -0.890. The molecule has 1 aromatic rings. The van der Waals surface area contributed by atoms with Crippen LogP contribution in [0.3, 0.4) is 0 Å². The third-order valence-corrected chi connectivity index (χ3v) is 3.27. The van der Waals surface area contributed by atoms with Gasteiger partial charge in [-0.05, 0) is 18.9 Å². The number of aromatic nitrogens is 2. The monoisotopic (exact) mass is 282 g/mol. The summed E-state index contributed by atoms with van der Waals surface area (Å²) in [6.07, 6.45) is -4.49. The lowest BCUT2D eigenvalue weighted by Gasteiger charge is -2.30. The molecule has 0 spiro atoms. The molecule has 0 saturated heterocycles. The number of hydrogen-bond donors (Lipinski definition) is 1. The summed E-state index contributed by atoms with van der Waals surface area (Å²) < 4.78 is 40.6. The fourth-order valence-electron chi connectivity index (χ4n) is 1.35. The minimum absolute atomic E-state index is 0.180. The lowest BCUT2D eigenvalue weighted by atomic mass is 9.93. The second-order valence-corrected chi connectivity index (χ2v) is 5.51. The van der Waals surface area contributed by atoms with Crippen LogP contribution in [0.1, 0.15) is 26.6 Å². The Morgan fingerprint density at radius 1 is 1.33 bits per heavy atom. The molecule has 1 aromatic heterocycles. The molecule has 0 atom stereocenters. The molecule has 0 aliphatic heterocycles. The van der Waals surface area contributed by atoms with Crippen LogP contribution in [0.15, 0.2) is 0 Å². The van der Waals surface area contributed by atoms with Crippen molar-refractivity contribution in [2.24, 2.45) is 11.1 Å². The van der Waals surface area contributed by atoms with Crippen molar-refractivity contribution in [3.8, 4) is 0 Å². The van der Waals surface area contributed by atoms with E-state index in [1.165, 1.54) is 0 Å². The van der Waals surface area contributed by atoms with E-state index in [9.17, 15) is 13.2 Å². The highest BCUT2D eigenvalue weighted by molar-refractivity contribution is 7.09. The van der Waals surface area contributed by atoms with Crippen molar-refractivity contribution in [2.45, 2.75) is 26.9 Å². The first-order valence-electron chi connectivity index (χ1n) is 5.55. The number of anilines is 1. The molecule has 0 fully saturated rings. The number of alkyl halides is 3. The molecule has 0 aromatic carbocycles. The molecule has 0 radical (unpaired) electrons. The zero-order valence-corrected chi connectivity index (χ0v) is 11.4. The molecule has 1 rings (SSSR count). The number of nitrogens with zero attached hydrogens (tertiary/aromatic N) is 3. The standard InChI is InChI=1S/C10H17F3N4S/c1-4-17(6-9(2,3)5-14)8-15-7(16-18-8)10(11,12)13/h4-6,14H2,1-3H3. The minimum atomic E-state index is -4.49. The predicted molar refractivity (Wildman–Crippen MR) is 65.6 cm³/mol. The van der Waals surface area contributed by atoms with Crippen LogP contribution in [0, 0.1) is 5.41 Å². The first-order chi connectivity index (χ1) is 8.19. The van der Waals surface area contributed by atoms with Gasteiger partial charge in [0.2, 0.25) is 11.0 Å². The normalized spacial score (nSPS) is 12.8. The Morgan fingerprint density at radius 2 is 1.94 bits per heavy atom. The third-order valence-electron chi connectivity index (χ3n) is 2.49. The maximum absolute atomic E-state index is 12.4. The second-order valence-electron chi connectivity index (χ2n) is 4.78. The summed E-state index contributed by atoms with van der Waals surface area (Å²) in [7, 11) is 0. The van der Waals surface area contributed by atoms with Gasteiger partial charge in [-0.1, -0.05) is 13.8 Å². The first-order valence-corrected chi connectivity index (χ1v) is 6.33. The van der Waals surface area contributed by atoms with Crippen LogP contribution >= 0.6 is 11.5 Å². The SMILES string of the molecule is CCN(CC(C)(C)CN)c1nc(C(F)(F)F)ns1. The van der Waals surface area contributed by atoms with Crippen molar-refractivity contribution in [3.05, 3.63) is 5.82 Å². The van der Waals surface area contributed by atoms with Gasteiger partial charge in [0.05, 0.1) is 0 Å². The van der Waals surface area contributed by atoms with Crippen molar-refractivity contribution in [3.63, 3.8) is 0 Å². The molecule has 1 heterocycles. The smallest absolute Gasteiger partial charge is 0.347 e. The van der Waals surface area contributed by atoms with Crippen molar-refractivity contribution in [1.29, 1.82) is 0 Å². The molecule has 0 amide bonds. The molecule has 0 unspecified atom stereocenters. The molecule has 2 N–H and O–H groups in total. The van der Waals surface area contributed by atoms with Crippen LogP contribution in [0.2, 0.25) is 0 Å². The molecular formula is C10H17F3N4S. The molecule has 8 heteroatoms. The van der Waals surface area contributed by atoms with Gasteiger partial charge >= 0.3 is 6.18 Å². The topological polar surface area (TPSA) is 55.0 Å². The Kier molecular flexibility index (Phi) is 4.55. The Labute approximate surface area is 108 Å². The lowest BCUT2D eigenvalue weighted by molar-refractivity contribution is -0.144. The zero-order chi connectivity index (χ0) is 14.0. The fourth-order valence-corrected chi connectivity index (χ4v) is 2.10. The largest absolute Gasteiger partial charge is 0.452 e. The number of nitrogens with two attached hydrogens (primary N) is 1. The number of halogens is 3. The van der Waals surface area contributed by atoms with Gasteiger partial charge in [-0.25, -0.2) is 0 Å². The average molecular weight is 282 g/mol. The van der Waals surface area contributed by atoms with Crippen LogP contribution in [-0.2, 0) is 6.18 Å². The van der Waals surface area contributed by atoms with Gasteiger partial charge in [0.25, 0.3) is 0 Å². The molecule has 4 nitrogen and oxygen atoms in total. The van der Waals surface area contributed by atoms with E-state index in [4.69, 9.17) is 5.73 Å². The molecule has 18 heavy (non-hydrogen) atoms. The number of rotatable bonds is 5. The van der Waals surface area contributed by atoms with Crippen LogP contribution in [0.4, 0.5) is 18.3 Å². The van der Waals surface area contributed by atoms with E-state index in [1.54, 1.807) is 4.90 Å². The highest BCUT2D eigenvalue weighted by atomic mass is 32.1. The van der Waals surface area contributed by atoms with Gasteiger partial charge in [-0.15, -0.1) is 0 Å². The summed E-state index contributed by atoms with van der Waals surface area (Å²) in [5.74, 6) is -1.08. The second kappa shape index (κ2) is 5.40. The molecule has 0 saturated carbocycles. The van der Waals surface area contributed by atoms with Gasteiger partial charge in [-0.2, -0.15) is 22.5 Å². The van der Waals surface area contributed by atoms with Crippen molar-refractivity contribution in [2.75, 3.05) is 24.5 Å². The maximum atomic E-state index is 12.4. The maximum Gasteiger partial charge on any atom is 0.452 e. The Morgan fingerprint density at radius 3 is 2.33 bits per heavy atom. The Balaban J connectivity index is 2.87. The molecule has 0 aliphatic rings. The summed E-state index contributed by atoms with van der Waals surface area (Å²) in [6, 6.07) is 0. The summed E-state index contributed by atoms with van der Waals surface area (Å²) in [5.41, 5.74) is 5.44.